The Kier molecular flexibility index (Phi) is 5.02. The fourth-order valence-corrected chi connectivity index (χ4v) is 2.40. The van der Waals surface area contributed by atoms with Crippen molar-refractivity contribution in [2.45, 2.75) is 19.3 Å². The van der Waals surface area contributed by atoms with E-state index in [0.717, 1.165) is 5.56 Å². The third-order valence-electron chi connectivity index (χ3n) is 2.22. The van der Waals surface area contributed by atoms with Crippen LogP contribution in [0.1, 0.15) is 24.8 Å². The quantitative estimate of drug-likeness (QED) is 0.463. The Morgan fingerprint density at radius 3 is 2.62 bits per heavy atom. The molecule has 0 spiro atoms. The first-order valence-corrected chi connectivity index (χ1v) is 7.05. The van der Waals surface area contributed by atoms with Crippen LogP contribution < -0.4 is 0 Å². The summed E-state index contributed by atoms with van der Waals surface area (Å²) in [6, 6.07) is 1.91. The minimum Gasteiger partial charge on any atom is -0.446 e. The summed E-state index contributed by atoms with van der Waals surface area (Å²) in [4.78, 5) is 22.6. The lowest BCUT2D eigenvalue weighted by Crippen LogP contribution is -2.22. The third kappa shape index (κ3) is 3.35. The molecule has 0 aliphatic carbocycles. The number of thioether (sulfide) groups is 1. The summed E-state index contributed by atoms with van der Waals surface area (Å²) < 4.78 is 5.28. The van der Waals surface area contributed by atoms with Crippen LogP contribution >= 0.6 is 23.1 Å². The van der Waals surface area contributed by atoms with Crippen molar-refractivity contribution in [3.05, 3.63) is 22.4 Å². The second-order valence-corrected chi connectivity index (χ2v) is 5.07. The van der Waals surface area contributed by atoms with Crippen LogP contribution in [0.4, 0.5) is 0 Å². The Balaban J connectivity index is 2.64. The number of rotatable bonds is 5. The van der Waals surface area contributed by atoms with Gasteiger partial charge in [0.15, 0.2) is 5.44 Å². The maximum atomic E-state index is 11.6. The second kappa shape index (κ2) is 6.06. The van der Waals surface area contributed by atoms with Crippen molar-refractivity contribution in [1.82, 2.24) is 0 Å². The highest BCUT2D eigenvalue weighted by Gasteiger charge is 2.23. The van der Waals surface area contributed by atoms with E-state index in [2.05, 4.69) is 0 Å². The molecule has 1 rings (SSSR count). The summed E-state index contributed by atoms with van der Waals surface area (Å²) in [7, 11) is 0. The summed E-state index contributed by atoms with van der Waals surface area (Å²) in [6.45, 7) is 2.96. The van der Waals surface area contributed by atoms with Gasteiger partial charge in [0.25, 0.3) is 0 Å². The molecule has 3 nitrogen and oxygen atoms in total. The van der Waals surface area contributed by atoms with Crippen LogP contribution in [-0.2, 0) is 14.3 Å². The number of thiophene rings is 1. The SMILES string of the molecule is CSC(OC(=O)C(C)C(C)=O)c1ccsc1. The predicted octanol–water partition coefficient (Wildman–Crippen LogP) is 2.88. The Hall–Kier alpha value is -0.810. The topological polar surface area (TPSA) is 43.4 Å². The van der Waals surface area contributed by atoms with Crippen molar-refractivity contribution in [3.63, 3.8) is 0 Å². The van der Waals surface area contributed by atoms with Gasteiger partial charge in [-0.25, -0.2) is 0 Å². The molecule has 0 saturated carbocycles. The molecule has 0 amide bonds. The second-order valence-electron chi connectivity index (χ2n) is 3.39. The zero-order chi connectivity index (χ0) is 12.1. The molecule has 1 aromatic heterocycles. The number of hydrogen-bond acceptors (Lipinski definition) is 5. The average molecular weight is 258 g/mol. The van der Waals surface area contributed by atoms with Crippen molar-refractivity contribution >= 4 is 34.9 Å². The predicted molar refractivity (Wildman–Crippen MR) is 66.5 cm³/mol. The van der Waals surface area contributed by atoms with Gasteiger partial charge in [-0.1, -0.05) is 0 Å². The summed E-state index contributed by atoms with van der Waals surface area (Å²) in [5, 5.41) is 3.87. The van der Waals surface area contributed by atoms with Gasteiger partial charge in [0.05, 0.1) is 0 Å². The number of hydrogen-bond donors (Lipinski definition) is 0. The van der Waals surface area contributed by atoms with Crippen LogP contribution in [0.15, 0.2) is 16.8 Å². The molecule has 0 aliphatic rings. The van der Waals surface area contributed by atoms with E-state index >= 15 is 0 Å². The van der Waals surface area contributed by atoms with Crippen molar-refractivity contribution in [2.24, 2.45) is 5.92 Å². The van der Waals surface area contributed by atoms with Crippen LogP contribution in [-0.4, -0.2) is 18.0 Å². The molecule has 2 atom stereocenters. The maximum absolute atomic E-state index is 11.6. The van der Waals surface area contributed by atoms with Crippen LogP contribution in [0.3, 0.4) is 0 Å². The van der Waals surface area contributed by atoms with E-state index in [-0.39, 0.29) is 11.2 Å². The Bertz CT molecular complexity index is 359. The molecule has 0 bridgehead atoms. The molecule has 16 heavy (non-hydrogen) atoms. The van der Waals surface area contributed by atoms with E-state index in [1.165, 1.54) is 18.7 Å². The normalized spacial score (nSPS) is 14.2. The molecule has 88 valence electrons. The highest BCUT2D eigenvalue weighted by molar-refractivity contribution is 7.98. The number of Topliss-reactive ketones (excluding diaryl/α,β-unsaturated/α-hetero) is 1. The molecule has 0 radical (unpaired) electrons. The molecule has 0 N–H and O–H groups in total. The Morgan fingerprint density at radius 1 is 1.50 bits per heavy atom. The monoisotopic (exact) mass is 258 g/mol. The van der Waals surface area contributed by atoms with Gasteiger partial charge in [-0.3, -0.25) is 9.59 Å². The fourth-order valence-electron chi connectivity index (χ4n) is 1.03. The van der Waals surface area contributed by atoms with Crippen molar-refractivity contribution in [2.75, 3.05) is 6.26 Å². The molecule has 0 aliphatic heterocycles. The van der Waals surface area contributed by atoms with Gasteiger partial charge in [0.2, 0.25) is 0 Å². The highest BCUT2D eigenvalue weighted by Crippen LogP contribution is 2.30. The van der Waals surface area contributed by atoms with Gasteiger partial charge < -0.3 is 4.74 Å². The summed E-state index contributed by atoms with van der Waals surface area (Å²) in [6.07, 6.45) is 1.87. The lowest BCUT2D eigenvalue weighted by Gasteiger charge is -2.16. The lowest BCUT2D eigenvalue weighted by atomic mass is 10.1. The zero-order valence-corrected chi connectivity index (χ0v) is 11.1. The van der Waals surface area contributed by atoms with E-state index < -0.39 is 11.9 Å². The molecule has 1 heterocycles. The molecule has 5 heteroatoms. The lowest BCUT2D eigenvalue weighted by molar-refractivity contribution is -0.152. The number of ether oxygens (including phenoxy) is 1. The van der Waals surface area contributed by atoms with Gasteiger partial charge in [-0.2, -0.15) is 11.3 Å². The molecular formula is C11H14O3S2. The van der Waals surface area contributed by atoms with E-state index in [0.29, 0.717) is 0 Å². The number of esters is 1. The van der Waals surface area contributed by atoms with Gasteiger partial charge in [-0.15, -0.1) is 11.8 Å². The van der Waals surface area contributed by atoms with E-state index in [1.807, 2.05) is 23.1 Å². The largest absolute Gasteiger partial charge is 0.446 e. The van der Waals surface area contributed by atoms with Crippen LogP contribution in [0, 0.1) is 5.92 Å². The van der Waals surface area contributed by atoms with E-state index in [1.54, 1.807) is 18.3 Å². The number of carbonyl (C=O) groups excluding carboxylic acids is 2. The molecular weight excluding hydrogens is 244 g/mol. The van der Waals surface area contributed by atoms with Crippen LogP contribution in [0.25, 0.3) is 0 Å². The molecule has 1 aromatic rings. The minimum atomic E-state index is -0.687. The van der Waals surface area contributed by atoms with Gasteiger partial charge >= 0.3 is 5.97 Å². The summed E-state index contributed by atoms with van der Waals surface area (Å²) >= 11 is 2.99. The number of carbonyl (C=O) groups is 2. The average Bonchev–Trinajstić information content (AvgIpc) is 2.77. The third-order valence-corrected chi connectivity index (χ3v) is 3.71. The zero-order valence-electron chi connectivity index (χ0n) is 9.43. The molecule has 0 saturated heterocycles. The Morgan fingerprint density at radius 2 is 2.19 bits per heavy atom. The minimum absolute atomic E-state index is 0.171. The van der Waals surface area contributed by atoms with Gasteiger partial charge in [0, 0.05) is 5.56 Å². The highest BCUT2D eigenvalue weighted by atomic mass is 32.2. The molecule has 0 fully saturated rings. The smallest absolute Gasteiger partial charge is 0.317 e. The van der Waals surface area contributed by atoms with Crippen molar-refractivity contribution in [3.8, 4) is 0 Å². The Labute approximate surface area is 103 Å². The maximum Gasteiger partial charge on any atom is 0.317 e. The van der Waals surface area contributed by atoms with Crippen LogP contribution in [0.2, 0.25) is 0 Å². The summed E-state index contributed by atoms with van der Waals surface area (Å²) in [5.41, 5.74) is 0.641. The van der Waals surface area contributed by atoms with Gasteiger partial charge in [0.1, 0.15) is 11.7 Å². The van der Waals surface area contributed by atoms with Gasteiger partial charge in [-0.05, 0) is 36.9 Å². The molecule has 2 unspecified atom stereocenters. The fraction of sp³-hybridized carbons (Fsp3) is 0.455. The van der Waals surface area contributed by atoms with E-state index in [4.69, 9.17) is 4.74 Å². The number of ketones is 1. The van der Waals surface area contributed by atoms with Crippen LogP contribution in [0.5, 0.6) is 0 Å². The van der Waals surface area contributed by atoms with Crippen molar-refractivity contribution in [1.29, 1.82) is 0 Å². The van der Waals surface area contributed by atoms with E-state index in [9.17, 15) is 9.59 Å². The summed E-state index contributed by atoms with van der Waals surface area (Å²) in [5.74, 6) is -1.32. The standard InChI is InChI=1S/C11H14O3S2/c1-7(8(2)12)10(13)14-11(15-3)9-4-5-16-6-9/h4-7,11H,1-3H3. The first kappa shape index (κ1) is 13.3. The van der Waals surface area contributed by atoms with Crippen molar-refractivity contribution < 1.29 is 14.3 Å². The first-order chi connectivity index (χ1) is 7.56. The molecule has 0 aromatic carbocycles. The first-order valence-electron chi connectivity index (χ1n) is 4.82.